The SMILES string of the molecule is CC.CC.CNC(=O)c1cccc(OCc2cn(C)nn2)c1. The van der Waals surface area contributed by atoms with Crippen LogP contribution in [0.1, 0.15) is 43.7 Å². The Morgan fingerprint density at radius 3 is 2.50 bits per heavy atom. The normalized spacial score (nSPS) is 8.82. The number of hydrogen-bond acceptors (Lipinski definition) is 4. The van der Waals surface area contributed by atoms with E-state index >= 15 is 0 Å². The Bertz CT molecular complexity index is 553. The van der Waals surface area contributed by atoms with Crippen molar-refractivity contribution in [2.24, 2.45) is 7.05 Å². The fraction of sp³-hybridized carbons (Fsp3) is 0.438. The number of nitrogens with zero attached hydrogens (tertiary/aromatic N) is 3. The lowest BCUT2D eigenvalue weighted by Crippen LogP contribution is -2.17. The molecule has 22 heavy (non-hydrogen) atoms. The van der Waals surface area contributed by atoms with Crippen LogP contribution >= 0.6 is 0 Å². The average molecular weight is 306 g/mol. The lowest BCUT2D eigenvalue weighted by molar-refractivity contribution is 0.0962. The van der Waals surface area contributed by atoms with Crippen molar-refractivity contribution < 1.29 is 9.53 Å². The van der Waals surface area contributed by atoms with Crippen molar-refractivity contribution >= 4 is 5.91 Å². The van der Waals surface area contributed by atoms with Crippen molar-refractivity contribution in [1.82, 2.24) is 20.3 Å². The highest BCUT2D eigenvalue weighted by Crippen LogP contribution is 2.14. The minimum Gasteiger partial charge on any atom is -0.487 e. The molecule has 1 heterocycles. The molecule has 1 aromatic carbocycles. The molecule has 0 atom stereocenters. The minimum atomic E-state index is -0.139. The third kappa shape index (κ3) is 6.39. The van der Waals surface area contributed by atoms with Gasteiger partial charge in [0.05, 0.1) is 6.20 Å². The number of amides is 1. The molecule has 0 aliphatic heterocycles. The number of hydrogen-bond donors (Lipinski definition) is 1. The highest BCUT2D eigenvalue weighted by molar-refractivity contribution is 5.94. The van der Waals surface area contributed by atoms with E-state index in [0.29, 0.717) is 17.9 Å². The molecule has 6 heteroatoms. The molecule has 0 unspecified atom stereocenters. The quantitative estimate of drug-likeness (QED) is 0.943. The van der Waals surface area contributed by atoms with Crippen LogP contribution in [-0.2, 0) is 13.7 Å². The molecule has 0 aliphatic carbocycles. The first-order chi connectivity index (χ1) is 10.7. The first-order valence-corrected chi connectivity index (χ1v) is 7.49. The van der Waals surface area contributed by atoms with Gasteiger partial charge in [-0.2, -0.15) is 0 Å². The molecule has 2 rings (SSSR count). The van der Waals surface area contributed by atoms with Gasteiger partial charge in [0, 0.05) is 19.7 Å². The van der Waals surface area contributed by atoms with Crippen molar-refractivity contribution in [2.75, 3.05) is 7.05 Å². The number of aryl methyl sites for hydroxylation is 1. The van der Waals surface area contributed by atoms with E-state index in [-0.39, 0.29) is 5.91 Å². The molecule has 1 amide bonds. The molecule has 0 fully saturated rings. The van der Waals surface area contributed by atoms with Gasteiger partial charge in [-0.3, -0.25) is 9.48 Å². The fourth-order valence-corrected chi connectivity index (χ4v) is 1.49. The Kier molecular flexibility index (Phi) is 10.1. The molecule has 0 saturated heterocycles. The third-order valence-corrected chi connectivity index (χ3v) is 2.36. The van der Waals surface area contributed by atoms with Gasteiger partial charge in [-0.1, -0.05) is 39.0 Å². The smallest absolute Gasteiger partial charge is 0.251 e. The number of benzene rings is 1. The van der Waals surface area contributed by atoms with Gasteiger partial charge in [0.2, 0.25) is 0 Å². The summed E-state index contributed by atoms with van der Waals surface area (Å²) in [5.41, 5.74) is 1.30. The summed E-state index contributed by atoms with van der Waals surface area (Å²) in [4.78, 5) is 11.5. The summed E-state index contributed by atoms with van der Waals surface area (Å²) in [7, 11) is 3.39. The van der Waals surface area contributed by atoms with Gasteiger partial charge in [-0.05, 0) is 18.2 Å². The van der Waals surface area contributed by atoms with Crippen LogP contribution in [0.5, 0.6) is 5.75 Å². The summed E-state index contributed by atoms with van der Waals surface area (Å²) in [6.07, 6.45) is 1.78. The van der Waals surface area contributed by atoms with Crippen LogP contribution in [0, 0.1) is 0 Å². The van der Waals surface area contributed by atoms with Crippen LogP contribution in [-0.4, -0.2) is 27.9 Å². The molecule has 1 N–H and O–H groups in total. The predicted molar refractivity (Wildman–Crippen MR) is 87.9 cm³/mol. The fourth-order valence-electron chi connectivity index (χ4n) is 1.49. The van der Waals surface area contributed by atoms with E-state index in [1.165, 1.54) is 0 Å². The van der Waals surface area contributed by atoms with Crippen molar-refractivity contribution in [3.05, 3.63) is 41.7 Å². The zero-order valence-corrected chi connectivity index (χ0v) is 14.3. The molecular formula is C16H26N4O2. The maximum atomic E-state index is 11.5. The highest BCUT2D eigenvalue weighted by Gasteiger charge is 2.05. The molecule has 1 aromatic heterocycles. The molecule has 122 valence electrons. The van der Waals surface area contributed by atoms with Crippen LogP contribution in [0.2, 0.25) is 0 Å². The largest absolute Gasteiger partial charge is 0.487 e. The lowest BCUT2D eigenvalue weighted by atomic mass is 10.2. The second-order valence-electron chi connectivity index (χ2n) is 3.78. The molecule has 0 spiro atoms. The Morgan fingerprint density at radius 2 is 1.95 bits per heavy atom. The second kappa shape index (κ2) is 11.3. The maximum absolute atomic E-state index is 11.5. The topological polar surface area (TPSA) is 69.0 Å². The molecule has 0 aliphatic rings. The highest BCUT2D eigenvalue weighted by atomic mass is 16.5. The van der Waals surface area contributed by atoms with Crippen LogP contribution in [0.4, 0.5) is 0 Å². The summed E-state index contributed by atoms with van der Waals surface area (Å²) < 4.78 is 7.16. The zero-order valence-electron chi connectivity index (χ0n) is 14.3. The van der Waals surface area contributed by atoms with E-state index in [1.54, 1.807) is 49.2 Å². The molecule has 0 saturated carbocycles. The lowest BCUT2D eigenvalue weighted by Gasteiger charge is -2.05. The second-order valence-corrected chi connectivity index (χ2v) is 3.78. The van der Waals surface area contributed by atoms with E-state index < -0.39 is 0 Å². The van der Waals surface area contributed by atoms with Gasteiger partial charge in [0.1, 0.15) is 18.1 Å². The summed E-state index contributed by atoms with van der Waals surface area (Å²) in [6, 6.07) is 6.99. The van der Waals surface area contributed by atoms with Crippen molar-refractivity contribution in [1.29, 1.82) is 0 Å². The summed E-state index contributed by atoms with van der Waals surface area (Å²) in [6.45, 7) is 8.32. The van der Waals surface area contributed by atoms with E-state index in [2.05, 4.69) is 15.6 Å². The van der Waals surface area contributed by atoms with Gasteiger partial charge >= 0.3 is 0 Å². The van der Waals surface area contributed by atoms with Crippen molar-refractivity contribution in [3.8, 4) is 5.75 Å². The monoisotopic (exact) mass is 306 g/mol. The number of aromatic nitrogens is 3. The number of carbonyl (C=O) groups is 1. The number of nitrogens with one attached hydrogen (secondary N) is 1. The summed E-state index contributed by atoms with van der Waals surface area (Å²) in [5.74, 6) is 0.488. The Balaban J connectivity index is 0.00000102. The van der Waals surface area contributed by atoms with E-state index in [0.717, 1.165) is 5.69 Å². The summed E-state index contributed by atoms with van der Waals surface area (Å²) >= 11 is 0. The van der Waals surface area contributed by atoms with Gasteiger partial charge in [-0.25, -0.2) is 0 Å². The summed E-state index contributed by atoms with van der Waals surface area (Å²) in [5, 5.41) is 10.3. The van der Waals surface area contributed by atoms with Crippen molar-refractivity contribution in [3.63, 3.8) is 0 Å². The Labute approximate surface area is 132 Å². The molecule has 0 bridgehead atoms. The molecule has 0 radical (unpaired) electrons. The average Bonchev–Trinajstić information content (AvgIpc) is 3.01. The Hall–Kier alpha value is -2.37. The van der Waals surface area contributed by atoms with Gasteiger partial charge in [-0.15, -0.1) is 5.10 Å². The van der Waals surface area contributed by atoms with Crippen LogP contribution in [0.15, 0.2) is 30.5 Å². The predicted octanol–water partition coefficient (Wildman–Crippen LogP) is 2.81. The van der Waals surface area contributed by atoms with Gasteiger partial charge in [0.25, 0.3) is 5.91 Å². The van der Waals surface area contributed by atoms with Gasteiger partial charge in [0.15, 0.2) is 0 Å². The van der Waals surface area contributed by atoms with Crippen LogP contribution in [0.25, 0.3) is 0 Å². The molecule has 6 nitrogen and oxygen atoms in total. The van der Waals surface area contributed by atoms with E-state index in [1.807, 2.05) is 27.7 Å². The van der Waals surface area contributed by atoms with Crippen molar-refractivity contribution in [2.45, 2.75) is 34.3 Å². The number of rotatable bonds is 4. The van der Waals surface area contributed by atoms with E-state index in [9.17, 15) is 4.79 Å². The number of ether oxygens (including phenoxy) is 1. The molecule has 2 aromatic rings. The minimum absolute atomic E-state index is 0.139. The number of carbonyl (C=O) groups excluding carboxylic acids is 1. The first kappa shape index (κ1) is 19.6. The standard InChI is InChI=1S/C12H14N4O2.2C2H6/c1-13-12(17)9-4-3-5-11(6-9)18-8-10-7-16(2)15-14-10;2*1-2/h3-7H,8H2,1-2H3,(H,13,17);2*1-2H3. The Morgan fingerprint density at radius 1 is 1.27 bits per heavy atom. The first-order valence-electron chi connectivity index (χ1n) is 7.49. The van der Waals surface area contributed by atoms with Gasteiger partial charge < -0.3 is 10.1 Å². The van der Waals surface area contributed by atoms with Crippen LogP contribution < -0.4 is 10.1 Å². The maximum Gasteiger partial charge on any atom is 0.251 e. The van der Waals surface area contributed by atoms with E-state index in [4.69, 9.17) is 4.74 Å². The van der Waals surface area contributed by atoms with Crippen LogP contribution in [0.3, 0.4) is 0 Å². The third-order valence-electron chi connectivity index (χ3n) is 2.36. The zero-order chi connectivity index (χ0) is 17.0. The molecular weight excluding hydrogens is 280 g/mol.